The third kappa shape index (κ3) is 8.29. The summed E-state index contributed by atoms with van der Waals surface area (Å²) in [5.41, 5.74) is 0.558. The fraction of sp³-hybridized carbons (Fsp3) is 0.500. The van der Waals surface area contributed by atoms with Crippen molar-refractivity contribution >= 4 is 18.1 Å². The highest BCUT2D eigenvalue weighted by Crippen LogP contribution is 2.29. The van der Waals surface area contributed by atoms with Crippen molar-refractivity contribution in [2.24, 2.45) is 0 Å². The number of amides is 3. The Morgan fingerprint density at radius 1 is 1.02 bits per heavy atom. The molecule has 0 radical (unpaired) electrons. The van der Waals surface area contributed by atoms with Crippen LogP contribution in [-0.2, 0) is 16.0 Å². The predicted molar refractivity (Wildman–Crippen MR) is 148 cm³/mol. The van der Waals surface area contributed by atoms with E-state index < -0.39 is 54.4 Å². The van der Waals surface area contributed by atoms with Crippen molar-refractivity contribution in [1.82, 2.24) is 15.1 Å². The molecule has 2 N–H and O–H groups in total. The number of hydrogen-bond donors (Lipinski definition) is 2. The summed E-state index contributed by atoms with van der Waals surface area (Å²) in [6.07, 6.45) is -1.48. The highest BCUT2D eigenvalue weighted by Gasteiger charge is 2.42. The van der Waals surface area contributed by atoms with Crippen LogP contribution >= 0.6 is 0 Å². The van der Waals surface area contributed by atoms with Crippen LogP contribution in [0.2, 0.25) is 0 Å². The summed E-state index contributed by atoms with van der Waals surface area (Å²) in [5, 5.41) is 11.5. The second-order valence-corrected chi connectivity index (χ2v) is 11.7. The van der Waals surface area contributed by atoms with Gasteiger partial charge in [0.1, 0.15) is 29.3 Å². The molecular formula is C30H36F3N3O6. The summed E-state index contributed by atoms with van der Waals surface area (Å²) in [7, 11) is 0. The zero-order valence-corrected chi connectivity index (χ0v) is 23.9. The first-order valence-electron chi connectivity index (χ1n) is 13.9. The second-order valence-electron chi connectivity index (χ2n) is 11.7. The molecule has 0 saturated carbocycles. The number of piperidine rings is 1. The Morgan fingerprint density at radius 2 is 1.67 bits per heavy atom. The van der Waals surface area contributed by atoms with Gasteiger partial charge in [-0.15, -0.1) is 0 Å². The number of carbonyl (C=O) groups is 3. The molecule has 2 aromatic rings. The summed E-state index contributed by atoms with van der Waals surface area (Å²) in [6.45, 7) is 4.83. The monoisotopic (exact) mass is 591 g/mol. The zero-order valence-electron chi connectivity index (χ0n) is 23.9. The van der Waals surface area contributed by atoms with Gasteiger partial charge in [0.05, 0.1) is 6.54 Å². The Hall–Kier alpha value is -3.96. The Morgan fingerprint density at radius 3 is 2.21 bits per heavy atom. The van der Waals surface area contributed by atoms with Crippen LogP contribution in [0.3, 0.4) is 0 Å². The molecule has 2 aliphatic heterocycles. The molecular weight excluding hydrogens is 555 g/mol. The third-order valence-corrected chi connectivity index (χ3v) is 7.15. The third-order valence-electron chi connectivity index (χ3n) is 7.15. The Balaban J connectivity index is 1.43. The zero-order chi connectivity index (χ0) is 30.7. The molecule has 2 aliphatic rings. The lowest BCUT2D eigenvalue weighted by molar-refractivity contribution is -0.133. The summed E-state index contributed by atoms with van der Waals surface area (Å²) < 4.78 is 54.1. The first-order valence-corrected chi connectivity index (χ1v) is 13.9. The van der Waals surface area contributed by atoms with Gasteiger partial charge in [0.15, 0.2) is 0 Å². The van der Waals surface area contributed by atoms with Crippen molar-refractivity contribution in [2.75, 3.05) is 26.2 Å². The van der Waals surface area contributed by atoms with Gasteiger partial charge in [-0.25, -0.2) is 22.8 Å². The molecule has 228 valence electrons. The van der Waals surface area contributed by atoms with E-state index in [9.17, 15) is 23.2 Å². The predicted octanol–water partition coefficient (Wildman–Crippen LogP) is 5.32. The smallest absolute Gasteiger partial charge is 0.408 e. The molecule has 3 amide bonds. The van der Waals surface area contributed by atoms with Gasteiger partial charge in [-0.05, 0) is 55.7 Å². The fourth-order valence-electron chi connectivity index (χ4n) is 4.99. The van der Waals surface area contributed by atoms with Gasteiger partial charge in [-0.3, -0.25) is 4.79 Å². The lowest BCUT2D eigenvalue weighted by Gasteiger charge is -2.30. The van der Waals surface area contributed by atoms with Crippen molar-refractivity contribution < 1.29 is 42.1 Å². The largest absolute Gasteiger partial charge is 0.490 e. The molecule has 2 heterocycles. The van der Waals surface area contributed by atoms with Crippen LogP contribution in [0.1, 0.15) is 45.6 Å². The SMILES string of the molecule is CC(C)(C)OC(=O)N[C@@H](Cc1ccc(-c2ccc(OC3CCN(C(=O)O)CC3)cc2)cc1F)C(=O)N1CCC(F)(F)C1. The number of nitrogens with one attached hydrogen (secondary N) is 1. The molecule has 1 atom stereocenters. The van der Waals surface area contributed by atoms with Crippen molar-refractivity contribution in [3.8, 4) is 16.9 Å². The topological polar surface area (TPSA) is 108 Å². The molecule has 2 saturated heterocycles. The minimum absolute atomic E-state index is 0.0973. The van der Waals surface area contributed by atoms with Crippen LogP contribution in [-0.4, -0.2) is 82.8 Å². The van der Waals surface area contributed by atoms with E-state index in [0.717, 1.165) is 4.90 Å². The number of rotatable bonds is 7. The molecule has 42 heavy (non-hydrogen) atoms. The van der Waals surface area contributed by atoms with E-state index in [1.807, 2.05) is 0 Å². The Bertz CT molecular complexity index is 1290. The second kappa shape index (κ2) is 12.5. The maximum absolute atomic E-state index is 15.3. The number of alkyl halides is 2. The number of nitrogens with zero attached hydrogens (tertiary/aromatic N) is 2. The van der Waals surface area contributed by atoms with E-state index in [0.29, 0.717) is 42.8 Å². The summed E-state index contributed by atoms with van der Waals surface area (Å²) in [5.74, 6) is -3.75. The minimum atomic E-state index is -3.02. The minimum Gasteiger partial charge on any atom is -0.490 e. The van der Waals surface area contributed by atoms with Crippen molar-refractivity contribution in [3.05, 3.63) is 53.8 Å². The van der Waals surface area contributed by atoms with Crippen LogP contribution in [0.15, 0.2) is 42.5 Å². The normalized spacial score (nSPS) is 18.0. The van der Waals surface area contributed by atoms with E-state index in [1.54, 1.807) is 51.1 Å². The van der Waals surface area contributed by atoms with Crippen LogP contribution in [0, 0.1) is 5.82 Å². The molecule has 0 aromatic heterocycles. The molecule has 0 spiro atoms. The molecule has 2 aromatic carbocycles. The number of likely N-dealkylation sites (tertiary alicyclic amines) is 2. The van der Waals surface area contributed by atoms with E-state index in [1.165, 1.54) is 17.0 Å². The van der Waals surface area contributed by atoms with Crippen LogP contribution in [0.5, 0.6) is 5.75 Å². The molecule has 0 bridgehead atoms. The average molecular weight is 592 g/mol. The van der Waals surface area contributed by atoms with E-state index in [2.05, 4.69) is 5.32 Å². The lowest BCUT2D eigenvalue weighted by Crippen LogP contribution is -2.50. The van der Waals surface area contributed by atoms with Crippen molar-refractivity contribution in [1.29, 1.82) is 0 Å². The first-order chi connectivity index (χ1) is 19.7. The van der Waals surface area contributed by atoms with Gasteiger partial charge in [0.25, 0.3) is 5.92 Å². The quantitative estimate of drug-likeness (QED) is 0.452. The highest BCUT2D eigenvalue weighted by molar-refractivity contribution is 5.86. The van der Waals surface area contributed by atoms with E-state index in [-0.39, 0.29) is 24.6 Å². The van der Waals surface area contributed by atoms with Crippen LogP contribution in [0.25, 0.3) is 11.1 Å². The maximum Gasteiger partial charge on any atom is 0.408 e. The number of carboxylic acid groups (broad SMARTS) is 1. The fourth-order valence-corrected chi connectivity index (χ4v) is 4.99. The van der Waals surface area contributed by atoms with Gasteiger partial charge in [0, 0.05) is 45.3 Å². The number of benzene rings is 2. The van der Waals surface area contributed by atoms with Crippen LogP contribution < -0.4 is 10.1 Å². The molecule has 0 aliphatic carbocycles. The lowest BCUT2D eigenvalue weighted by atomic mass is 9.99. The van der Waals surface area contributed by atoms with Gasteiger partial charge in [-0.2, -0.15) is 0 Å². The van der Waals surface area contributed by atoms with Gasteiger partial charge in [-0.1, -0.05) is 24.3 Å². The van der Waals surface area contributed by atoms with Gasteiger partial charge < -0.3 is 29.7 Å². The first kappa shape index (κ1) is 31.0. The van der Waals surface area contributed by atoms with E-state index in [4.69, 9.17) is 14.6 Å². The van der Waals surface area contributed by atoms with E-state index >= 15 is 4.39 Å². The highest BCUT2D eigenvalue weighted by atomic mass is 19.3. The molecule has 12 heteroatoms. The molecule has 9 nitrogen and oxygen atoms in total. The summed E-state index contributed by atoms with van der Waals surface area (Å²) >= 11 is 0. The van der Waals surface area contributed by atoms with Crippen molar-refractivity contribution in [3.63, 3.8) is 0 Å². The number of alkyl carbamates (subject to hydrolysis) is 1. The number of carbonyl (C=O) groups excluding carboxylic acids is 2. The standard InChI is InChI=1S/C30H36F3N3O6/c1-29(2,3)42-27(38)34-25(26(37)36-15-12-30(32,33)18-36)17-21-5-4-20(16-24(21)31)19-6-8-22(9-7-19)41-23-10-13-35(14-11-23)28(39)40/h4-9,16,23,25H,10-15,17-18H2,1-3H3,(H,34,38)(H,39,40)/t25-/m0/s1. The van der Waals surface area contributed by atoms with Gasteiger partial charge in [0.2, 0.25) is 5.91 Å². The Labute approximate surface area is 242 Å². The molecule has 0 unspecified atom stereocenters. The summed E-state index contributed by atoms with van der Waals surface area (Å²) in [6, 6.07) is 10.3. The maximum atomic E-state index is 15.3. The molecule has 2 fully saturated rings. The molecule has 4 rings (SSSR count). The number of hydrogen-bond acceptors (Lipinski definition) is 5. The van der Waals surface area contributed by atoms with Crippen molar-refractivity contribution in [2.45, 2.75) is 70.1 Å². The Kier molecular flexibility index (Phi) is 9.22. The van der Waals surface area contributed by atoms with Gasteiger partial charge >= 0.3 is 12.2 Å². The number of ether oxygens (including phenoxy) is 2. The van der Waals surface area contributed by atoms with Crippen LogP contribution in [0.4, 0.5) is 22.8 Å². The number of halogens is 3. The summed E-state index contributed by atoms with van der Waals surface area (Å²) in [4.78, 5) is 39.0. The average Bonchev–Trinajstić information content (AvgIpc) is 3.28.